The predicted octanol–water partition coefficient (Wildman–Crippen LogP) is 1.92. The molecule has 1 saturated heterocycles. The van der Waals surface area contributed by atoms with Crippen molar-refractivity contribution in [3.63, 3.8) is 0 Å². The molecule has 0 amide bonds. The average Bonchev–Trinajstić information content (AvgIpc) is 2.60. The molecule has 2 nitrogen and oxygen atoms in total. The van der Waals surface area contributed by atoms with Crippen LogP contribution in [0, 0.1) is 5.41 Å². The lowest BCUT2D eigenvalue weighted by molar-refractivity contribution is -0.123. The number of carbonyl (C=O) groups is 1. The van der Waals surface area contributed by atoms with Crippen molar-refractivity contribution in [2.75, 3.05) is 6.61 Å². The van der Waals surface area contributed by atoms with Crippen LogP contribution in [0.3, 0.4) is 0 Å². The van der Waals surface area contributed by atoms with Crippen molar-refractivity contribution >= 4 is 5.78 Å². The molecule has 0 aromatic heterocycles. The number of rotatable bonds is 3. The number of ketones is 1. The highest BCUT2D eigenvalue weighted by Crippen LogP contribution is 2.51. The Bertz CT molecular complexity index is 188. The van der Waals surface area contributed by atoms with Crippen molar-refractivity contribution in [2.45, 2.75) is 45.1 Å². The second-order valence-corrected chi connectivity index (χ2v) is 4.18. The molecule has 0 aromatic rings. The Labute approximate surface area is 73.3 Å². The normalized spacial score (nSPS) is 31.9. The summed E-state index contributed by atoms with van der Waals surface area (Å²) < 4.78 is 5.53. The summed E-state index contributed by atoms with van der Waals surface area (Å²) in [6.45, 7) is 2.63. The Morgan fingerprint density at radius 3 is 2.75 bits per heavy atom. The molecule has 0 N–H and O–H groups in total. The lowest BCUT2D eigenvalue weighted by atomic mass is 9.93. The van der Waals surface area contributed by atoms with Gasteiger partial charge in [0.05, 0.1) is 6.10 Å². The number of carbonyl (C=O) groups excluding carboxylic acids is 1. The molecule has 2 rings (SSSR count). The van der Waals surface area contributed by atoms with E-state index in [9.17, 15) is 4.79 Å². The van der Waals surface area contributed by atoms with Crippen LogP contribution >= 0.6 is 0 Å². The van der Waals surface area contributed by atoms with E-state index in [1.54, 1.807) is 6.92 Å². The zero-order valence-corrected chi connectivity index (χ0v) is 7.64. The van der Waals surface area contributed by atoms with Gasteiger partial charge in [-0.25, -0.2) is 0 Å². The number of Topliss-reactive ketones (excluding diaryl/α,β-unsaturated/α-hetero) is 1. The van der Waals surface area contributed by atoms with Gasteiger partial charge >= 0.3 is 0 Å². The van der Waals surface area contributed by atoms with Gasteiger partial charge in [-0.05, 0) is 39.0 Å². The fraction of sp³-hybridized carbons (Fsp3) is 0.900. The lowest BCUT2D eigenvalue weighted by Gasteiger charge is -2.15. The second-order valence-electron chi connectivity index (χ2n) is 4.18. The Morgan fingerprint density at radius 2 is 2.33 bits per heavy atom. The van der Waals surface area contributed by atoms with E-state index < -0.39 is 0 Å². The van der Waals surface area contributed by atoms with E-state index in [1.165, 1.54) is 6.42 Å². The molecule has 2 heteroatoms. The first kappa shape index (κ1) is 8.24. The van der Waals surface area contributed by atoms with Crippen LogP contribution in [0.15, 0.2) is 0 Å². The second kappa shape index (κ2) is 2.84. The van der Waals surface area contributed by atoms with E-state index in [1.807, 2.05) is 0 Å². The molecule has 2 aliphatic rings. The smallest absolute Gasteiger partial charge is 0.136 e. The SMILES string of the molecule is CC(=O)C1(CC2CCCO2)CC1. The topological polar surface area (TPSA) is 26.3 Å². The standard InChI is InChI=1S/C10H16O2/c1-8(11)10(4-5-10)7-9-3-2-6-12-9/h9H,2-7H2,1H3. The van der Waals surface area contributed by atoms with Crippen molar-refractivity contribution in [1.29, 1.82) is 0 Å². The molecule has 1 aliphatic carbocycles. The van der Waals surface area contributed by atoms with Crippen molar-refractivity contribution in [3.8, 4) is 0 Å². The molecule has 1 atom stereocenters. The van der Waals surface area contributed by atoms with E-state index in [-0.39, 0.29) is 5.41 Å². The molecule has 68 valence electrons. The summed E-state index contributed by atoms with van der Waals surface area (Å²) >= 11 is 0. The number of hydrogen-bond acceptors (Lipinski definition) is 2. The molecule has 0 spiro atoms. The van der Waals surface area contributed by atoms with Crippen LogP contribution in [-0.2, 0) is 9.53 Å². The Kier molecular flexibility index (Phi) is 1.95. The molecule has 0 radical (unpaired) electrons. The van der Waals surface area contributed by atoms with Gasteiger partial charge < -0.3 is 4.74 Å². The zero-order chi connectivity index (χ0) is 8.60. The highest BCUT2D eigenvalue weighted by atomic mass is 16.5. The van der Waals surface area contributed by atoms with Gasteiger partial charge in [-0.3, -0.25) is 4.79 Å². The first-order valence-electron chi connectivity index (χ1n) is 4.86. The number of ether oxygens (including phenoxy) is 1. The third kappa shape index (κ3) is 1.40. The van der Waals surface area contributed by atoms with Gasteiger partial charge in [0, 0.05) is 12.0 Å². The summed E-state index contributed by atoms with van der Waals surface area (Å²) in [4.78, 5) is 11.3. The Hall–Kier alpha value is -0.370. The molecule has 1 heterocycles. The highest BCUT2D eigenvalue weighted by molar-refractivity contribution is 5.85. The minimum Gasteiger partial charge on any atom is -0.378 e. The van der Waals surface area contributed by atoms with E-state index >= 15 is 0 Å². The predicted molar refractivity (Wildman–Crippen MR) is 45.9 cm³/mol. The summed E-state index contributed by atoms with van der Waals surface area (Å²) in [7, 11) is 0. The molecule has 12 heavy (non-hydrogen) atoms. The maximum absolute atomic E-state index is 11.3. The van der Waals surface area contributed by atoms with Gasteiger partial charge in [0.15, 0.2) is 0 Å². The molecule has 0 aromatic carbocycles. The molecule has 2 fully saturated rings. The quantitative estimate of drug-likeness (QED) is 0.643. The third-order valence-corrected chi connectivity index (χ3v) is 3.24. The van der Waals surface area contributed by atoms with E-state index in [0.717, 1.165) is 32.3 Å². The van der Waals surface area contributed by atoms with E-state index in [4.69, 9.17) is 4.74 Å². The van der Waals surface area contributed by atoms with E-state index in [0.29, 0.717) is 11.9 Å². The summed E-state index contributed by atoms with van der Waals surface area (Å²) in [5.41, 5.74) is 0.0506. The molecular formula is C10H16O2. The van der Waals surface area contributed by atoms with Crippen LogP contribution < -0.4 is 0 Å². The van der Waals surface area contributed by atoms with Gasteiger partial charge in [0.25, 0.3) is 0 Å². The first-order valence-corrected chi connectivity index (χ1v) is 4.86. The van der Waals surface area contributed by atoms with Gasteiger partial charge in [-0.1, -0.05) is 0 Å². The monoisotopic (exact) mass is 168 g/mol. The van der Waals surface area contributed by atoms with Crippen LogP contribution in [0.25, 0.3) is 0 Å². The fourth-order valence-electron chi connectivity index (χ4n) is 2.09. The van der Waals surface area contributed by atoms with Crippen molar-refractivity contribution in [3.05, 3.63) is 0 Å². The maximum atomic E-state index is 11.3. The Balaban J connectivity index is 1.89. The van der Waals surface area contributed by atoms with E-state index in [2.05, 4.69) is 0 Å². The van der Waals surface area contributed by atoms with Gasteiger partial charge in [0.1, 0.15) is 5.78 Å². The van der Waals surface area contributed by atoms with Crippen molar-refractivity contribution in [2.24, 2.45) is 5.41 Å². The van der Waals surface area contributed by atoms with Gasteiger partial charge in [0.2, 0.25) is 0 Å². The first-order chi connectivity index (χ1) is 5.73. The van der Waals surface area contributed by atoms with Crippen LogP contribution in [0.4, 0.5) is 0 Å². The average molecular weight is 168 g/mol. The lowest BCUT2D eigenvalue weighted by Crippen LogP contribution is -2.19. The van der Waals surface area contributed by atoms with Crippen LogP contribution in [0.5, 0.6) is 0 Å². The zero-order valence-electron chi connectivity index (χ0n) is 7.64. The van der Waals surface area contributed by atoms with Crippen LogP contribution in [0.2, 0.25) is 0 Å². The summed E-state index contributed by atoms with van der Waals surface area (Å²) in [5, 5.41) is 0. The summed E-state index contributed by atoms with van der Waals surface area (Å²) in [6, 6.07) is 0. The van der Waals surface area contributed by atoms with Crippen LogP contribution in [-0.4, -0.2) is 18.5 Å². The third-order valence-electron chi connectivity index (χ3n) is 3.24. The van der Waals surface area contributed by atoms with Crippen molar-refractivity contribution in [1.82, 2.24) is 0 Å². The van der Waals surface area contributed by atoms with Crippen LogP contribution in [0.1, 0.15) is 39.0 Å². The molecule has 1 unspecified atom stereocenters. The minimum atomic E-state index is 0.0506. The molecule has 1 saturated carbocycles. The van der Waals surface area contributed by atoms with Gasteiger partial charge in [-0.2, -0.15) is 0 Å². The molecular weight excluding hydrogens is 152 g/mol. The number of hydrogen-bond donors (Lipinski definition) is 0. The Morgan fingerprint density at radius 1 is 1.58 bits per heavy atom. The largest absolute Gasteiger partial charge is 0.378 e. The molecule has 1 aliphatic heterocycles. The van der Waals surface area contributed by atoms with Gasteiger partial charge in [-0.15, -0.1) is 0 Å². The minimum absolute atomic E-state index is 0.0506. The highest BCUT2D eigenvalue weighted by Gasteiger charge is 2.48. The maximum Gasteiger partial charge on any atom is 0.136 e. The van der Waals surface area contributed by atoms with Crippen molar-refractivity contribution < 1.29 is 9.53 Å². The summed E-state index contributed by atoms with van der Waals surface area (Å²) in [6.07, 6.45) is 5.91. The fourth-order valence-corrected chi connectivity index (χ4v) is 2.09. The molecule has 0 bridgehead atoms. The summed E-state index contributed by atoms with van der Waals surface area (Å²) in [5.74, 6) is 0.373.